The van der Waals surface area contributed by atoms with Crippen LogP contribution in [0.3, 0.4) is 0 Å². The molecule has 1 saturated carbocycles. The smallest absolute Gasteiger partial charge is 0.0616 e. The molecule has 0 radical (unpaired) electrons. The summed E-state index contributed by atoms with van der Waals surface area (Å²) in [7, 11) is 0. The fraction of sp³-hybridized carbons (Fsp3) is 1.00. The van der Waals surface area contributed by atoms with E-state index in [1.165, 1.54) is 62.9 Å². The van der Waals surface area contributed by atoms with E-state index < -0.39 is 0 Å². The van der Waals surface area contributed by atoms with E-state index in [9.17, 15) is 0 Å². The van der Waals surface area contributed by atoms with E-state index in [0.717, 1.165) is 0 Å². The van der Waals surface area contributed by atoms with E-state index in [0.29, 0.717) is 14.9 Å². The van der Waals surface area contributed by atoms with Gasteiger partial charge in [-0.3, -0.25) is 0 Å². The van der Waals surface area contributed by atoms with Crippen LogP contribution in [0.4, 0.5) is 0 Å². The lowest BCUT2D eigenvalue weighted by atomic mass is 9.56. The molecule has 2 heteroatoms. The van der Waals surface area contributed by atoms with Gasteiger partial charge < -0.3 is 0 Å². The van der Waals surface area contributed by atoms with E-state index >= 15 is 0 Å². The highest BCUT2D eigenvalue weighted by atomic mass is 32.2. The molecule has 98 valence electrons. The van der Waals surface area contributed by atoms with Crippen LogP contribution < -0.4 is 0 Å². The van der Waals surface area contributed by atoms with Crippen molar-refractivity contribution in [3.8, 4) is 0 Å². The van der Waals surface area contributed by atoms with Gasteiger partial charge in [0.25, 0.3) is 0 Å². The Labute approximate surface area is 115 Å². The third kappa shape index (κ3) is 2.08. The second kappa shape index (κ2) is 4.37. The van der Waals surface area contributed by atoms with Gasteiger partial charge in [-0.2, -0.15) is 0 Å². The zero-order chi connectivity index (χ0) is 12.0. The molecule has 0 aromatic carbocycles. The Balaban J connectivity index is 1.82. The van der Waals surface area contributed by atoms with Gasteiger partial charge in [-0.15, -0.1) is 23.5 Å². The summed E-state index contributed by atoms with van der Waals surface area (Å²) in [5.74, 6) is 2.84. The zero-order valence-corrected chi connectivity index (χ0v) is 13.0. The molecule has 0 unspecified atom stereocenters. The van der Waals surface area contributed by atoms with Crippen molar-refractivity contribution < 1.29 is 0 Å². The van der Waals surface area contributed by atoms with Crippen molar-refractivity contribution in [2.75, 3.05) is 11.5 Å². The van der Waals surface area contributed by atoms with Gasteiger partial charge in [0, 0.05) is 5.75 Å². The molecule has 3 atom stereocenters. The Kier molecular flexibility index (Phi) is 3.27. The van der Waals surface area contributed by atoms with Crippen molar-refractivity contribution in [2.45, 2.75) is 69.3 Å². The Bertz CT molecular complexity index is 295. The largest absolute Gasteiger partial charge is 0.144 e. The van der Waals surface area contributed by atoms with Crippen LogP contribution in [0.1, 0.15) is 65.2 Å². The Morgan fingerprint density at radius 1 is 0.765 bits per heavy atom. The number of thioether (sulfide) groups is 2. The minimum atomic E-state index is 0.615. The highest BCUT2D eigenvalue weighted by molar-refractivity contribution is 8.18. The zero-order valence-electron chi connectivity index (χ0n) is 11.4. The third-order valence-electron chi connectivity index (χ3n) is 5.79. The Morgan fingerprint density at radius 2 is 1.47 bits per heavy atom. The number of hydrogen-bond donors (Lipinski definition) is 0. The maximum Gasteiger partial charge on any atom is 0.0616 e. The average molecular weight is 271 g/mol. The second-order valence-corrected chi connectivity index (χ2v) is 10.1. The fourth-order valence-corrected chi connectivity index (χ4v) is 8.17. The standard InChI is InChI=1S/C15H26S2/c1-13-7-3-4-8-14(13,2)12-17-15(11-13)9-5-6-10-16-15/h3-12H2,1-2H3/t13-,14-,15-/m1/s1. The van der Waals surface area contributed by atoms with Crippen LogP contribution in [0, 0.1) is 10.8 Å². The SMILES string of the molecule is C[C@]12CCCC[C@]1(C)C[C@@]1(CCCCS1)SC2. The van der Waals surface area contributed by atoms with Crippen LogP contribution >= 0.6 is 23.5 Å². The van der Waals surface area contributed by atoms with Crippen molar-refractivity contribution in [3.05, 3.63) is 0 Å². The predicted octanol–water partition coefficient (Wildman–Crippen LogP) is 5.32. The lowest BCUT2D eigenvalue weighted by molar-refractivity contribution is 0.0183. The van der Waals surface area contributed by atoms with Crippen LogP contribution in [0.5, 0.6) is 0 Å². The van der Waals surface area contributed by atoms with Gasteiger partial charge in [0.05, 0.1) is 4.08 Å². The molecule has 1 spiro atoms. The minimum absolute atomic E-state index is 0.615. The van der Waals surface area contributed by atoms with E-state index in [1.807, 2.05) is 0 Å². The quantitative estimate of drug-likeness (QED) is 0.584. The molecular weight excluding hydrogens is 244 g/mol. The molecule has 17 heavy (non-hydrogen) atoms. The van der Waals surface area contributed by atoms with Crippen LogP contribution in [-0.4, -0.2) is 15.6 Å². The monoisotopic (exact) mass is 270 g/mol. The molecular formula is C15H26S2. The summed E-state index contributed by atoms with van der Waals surface area (Å²) in [6, 6.07) is 0. The molecule has 0 nitrogen and oxygen atoms in total. The molecule has 3 rings (SSSR count). The van der Waals surface area contributed by atoms with Crippen molar-refractivity contribution in [1.29, 1.82) is 0 Å². The summed E-state index contributed by atoms with van der Waals surface area (Å²) in [4.78, 5) is 0. The highest BCUT2D eigenvalue weighted by Gasteiger charge is 2.55. The van der Waals surface area contributed by atoms with Gasteiger partial charge in [0.1, 0.15) is 0 Å². The summed E-state index contributed by atoms with van der Waals surface area (Å²) in [5, 5.41) is 0. The van der Waals surface area contributed by atoms with E-state index in [2.05, 4.69) is 37.4 Å². The molecule has 0 bridgehead atoms. The lowest BCUT2D eigenvalue weighted by Gasteiger charge is -2.59. The molecule has 3 aliphatic rings. The number of fused-ring (bicyclic) bond motifs is 1. The Morgan fingerprint density at radius 3 is 2.18 bits per heavy atom. The van der Waals surface area contributed by atoms with E-state index in [1.54, 1.807) is 0 Å². The molecule has 0 aromatic heterocycles. The van der Waals surface area contributed by atoms with Gasteiger partial charge in [0.2, 0.25) is 0 Å². The molecule has 2 aliphatic heterocycles. The summed E-state index contributed by atoms with van der Waals surface area (Å²) < 4.78 is 0.615. The van der Waals surface area contributed by atoms with Crippen molar-refractivity contribution in [3.63, 3.8) is 0 Å². The lowest BCUT2D eigenvalue weighted by Crippen LogP contribution is -2.51. The first kappa shape index (κ1) is 12.7. The third-order valence-corrected chi connectivity index (χ3v) is 9.53. The van der Waals surface area contributed by atoms with Gasteiger partial charge in [-0.05, 0) is 48.7 Å². The van der Waals surface area contributed by atoms with Crippen LogP contribution in [-0.2, 0) is 0 Å². The first-order valence-electron chi connectivity index (χ1n) is 7.36. The molecule has 0 N–H and O–H groups in total. The summed E-state index contributed by atoms with van der Waals surface area (Å²) in [6.45, 7) is 5.20. The molecule has 2 heterocycles. The summed E-state index contributed by atoms with van der Waals surface area (Å²) >= 11 is 4.63. The first-order valence-corrected chi connectivity index (χ1v) is 9.33. The van der Waals surface area contributed by atoms with Crippen molar-refractivity contribution in [1.82, 2.24) is 0 Å². The maximum absolute atomic E-state index is 2.61. The van der Waals surface area contributed by atoms with Crippen LogP contribution in [0.25, 0.3) is 0 Å². The Hall–Kier alpha value is 0.700. The van der Waals surface area contributed by atoms with Gasteiger partial charge in [0.15, 0.2) is 0 Å². The van der Waals surface area contributed by atoms with E-state index in [-0.39, 0.29) is 0 Å². The van der Waals surface area contributed by atoms with Crippen LogP contribution in [0.2, 0.25) is 0 Å². The molecule has 0 aromatic rings. The second-order valence-electron chi connectivity index (χ2n) is 7.01. The first-order chi connectivity index (χ1) is 8.08. The fourth-order valence-electron chi connectivity index (χ4n) is 4.20. The normalized spacial score (nSPS) is 51.2. The van der Waals surface area contributed by atoms with E-state index in [4.69, 9.17) is 0 Å². The predicted molar refractivity (Wildman–Crippen MR) is 80.8 cm³/mol. The summed E-state index contributed by atoms with van der Waals surface area (Å²) in [5.41, 5.74) is 1.28. The topological polar surface area (TPSA) is 0 Å². The average Bonchev–Trinajstić information content (AvgIpc) is 2.32. The summed E-state index contributed by atoms with van der Waals surface area (Å²) in [6.07, 6.45) is 11.8. The molecule has 1 aliphatic carbocycles. The van der Waals surface area contributed by atoms with Gasteiger partial charge >= 0.3 is 0 Å². The van der Waals surface area contributed by atoms with Gasteiger partial charge in [-0.1, -0.05) is 33.1 Å². The minimum Gasteiger partial charge on any atom is -0.144 e. The maximum atomic E-state index is 2.61. The molecule has 3 fully saturated rings. The van der Waals surface area contributed by atoms with Crippen LogP contribution in [0.15, 0.2) is 0 Å². The van der Waals surface area contributed by atoms with Crippen molar-refractivity contribution >= 4 is 23.5 Å². The number of hydrogen-bond acceptors (Lipinski definition) is 2. The highest BCUT2D eigenvalue weighted by Crippen LogP contribution is 2.66. The molecule has 0 amide bonds. The number of rotatable bonds is 0. The molecule has 2 saturated heterocycles. The van der Waals surface area contributed by atoms with Crippen molar-refractivity contribution in [2.24, 2.45) is 10.8 Å². The van der Waals surface area contributed by atoms with Gasteiger partial charge in [-0.25, -0.2) is 0 Å².